The summed E-state index contributed by atoms with van der Waals surface area (Å²) in [6.45, 7) is 4.24. The van der Waals surface area contributed by atoms with Gasteiger partial charge in [0.15, 0.2) is 0 Å². The van der Waals surface area contributed by atoms with Gasteiger partial charge in [-0.3, -0.25) is 0 Å². The third kappa shape index (κ3) is 2.61. The molecule has 1 aliphatic heterocycles. The van der Waals surface area contributed by atoms with Gasteiger partial charge in [0.05, 0.1) is 7.11 Å². The van der Waals surface area contributed by atoms with Crippen LogP contribution in [0.5, 0.6) is 11.5 Å². The number of fused-ring (bicyclic) bond motifs is 1. The number of rotatable bonds is 2. The second kappa shape index (κ2) is 5.41. The lowest BCUT2D eigenvalue weighted by Gasteiger charge is -2.31. The zero-order chi connectivity index (χ0) is 15.0. The van der Waals surface area contributed by atoms with E-state index in [1.54, 1.807) is 7.11 Å². The minimum Gasteiger partial charge on any atom is -0.497 e. The number of methoxy groups -OCH3 is 1. The zero-order valence-corrected chi connectivity index (χ0v) is 12.7. The van der Waals surface area contributed by atoms with Gasteiger partial charge in [-0.1, -0.05) is 24.3 Å². The van der Waals surface area contributed by atoms with E-state index in [1.807, 2.05) is 18.2 Å². The molecule has 3 heteroatoms. The van der Waals surface area contributed by atoms with Crippen LogP contribution < -0.4 is 15.2 Å². The van der Waals surface area contributed by atoms with Crippen molar-refractivity contribution in [3.63, 3.8) is 0 Å². The van der Waals surface area contributed by atoms with Gasteiger partial charge in [0.2, 0.25) is 0 Å². The Morgan fingerprint density at radius 1 is 1.10 bits per heavy atom. The predicted octanol–water partition coefficient (Wildman–Crippen LogP) is 3.84. The molecule has 0 fully saturated rings. The highest BCUT2D eigenvalue weighted by Crippen LogP contribution is 2.41. The SMILES string of the molecule is COc1ccc2c(c1)OC(c1ccc(C)c(C)c1)C[C@H]2N. The third-order valence-electron chi connectivity index (χ3n) is 4.26. The summed E-state index contributed by atoms with van der Waals surface area (Å²) < 4.78 is 11.4. The van der Waals surface area contributed by atoms with Crippen LogP contribution in [0.1, 0.15) is 40.8 Å². The minimum absolute atomic E-state index is 0.00101. The van der Waals surface area contributed by atoms with Crippen molar-refractivity contribution < 1.29 is 9.47 Å². The Balaban J connectivity index is 1.94. The lowest BCUT2D eigenvalue weighted by molar-refractivity contribution is 0.161. The molecule has 0 saturated heterocycles. The van der Waals surface area contributed by atoms with E-state index in [0.717, 1.165) is 23.5 Å². The molecule has 1 unspecified atom stereocenters. The standard InChI is InChI=1S/C18H21NO2/c1-11-4-5-13(8-12(11)2)17-10-16(19)15-7-6-14(20-3)9-18(15)21-17/h4-9,16-17H,10,19H2,1-3H3/t16-,17?/m1/s1. The summed E-state index contributed by atoms with van der Waals surface area (Å²) in [5.74, 6) is 1.62. The van der Waals surface area contributed by atoms with Crippen molar-refractivity contribution in [2.24, 2.45) is 5.73 Å². The fraction of sp³-hybridized carbons (Fsp3) is 0.333. The topological polar surface area (TPSA) is 44.5 Å². The number of hydrogen-bond donors (Lipinski definition) is 1. The van der Waals surface area contributed by atoms with E-state index in [9.17, 15) is 0 Å². The van der Waals surface area contributed by atoms with Crippen molar-refractivity contribution in [1.29, 1.82) is 0 Å². The van der Waals surface area contributed by atoms with Gasteiger partial charge in [-0.15, -0.1) is 0 Å². The molecule has 0 amide bonds. The van der Waals surface area contributed by atoms with Crippen LogP contribution >= 0.6 is 0 Å². The molecular formula is C18H21NO2. The second-order valence-electron chi connectivity index (χ2n) is 5.70. The molecule has 2 N–H and O–H groups in total. The highest BCUT2D eigenvalue weighted by atomic mass is 16.5. The summed E-state index contributed by atoms with van der Waals surface area (Å²) in [6.07, 6.45) is 0.792. The van der Waals surface area contributed by atoms with Crippen LogP contribution in [0.4, 0.5) is 0 Å². The number of benzene rings is 2. The van der Waals surface area contributed by atoms with Gasteiger partial charge in [-0.25, -0.2) is 0 Å². The maximum absolute atomic E-state index is 6.31. The fourth-order valence-corrected chi connectivity index (χ4v) is 2.78. The largest absolute Gasteiger partial charge is 0.497 e. The normalized spacial score (nSPS) is 20.6. The summed E-state index contributed by atoms with van der Waals surface area (Å²) in [6, 6.07) is 12.3. The van der Waals surface area contributed by atoms with Gasteiger partial charge in [0.25, 0.3) is 0 Å². The predicted molar refractivity (Wildman–Crippen MR) is 83.8 cm³/mol. The number of aryl methyl sites for hydroxylation is 2. The Kier molecular flexibility index (Phi) is 3.60. The van der Waals surface area contributed by atoms with Crippen LogP contribution in [0.2, 0.25) is 0 Å². The van der Waals surface area contributed by atoms with Gasteiger partial charge >= 0.3 is 0 Å². The average Bonchev–Trinajstić information content (AvgIpc) is 2.49. The maximum atomic E-state index is 6.31. The van der Waals surface area contributed by atoms with E-state index in [2.05, 4.69) is 32.0 Å². The Hall–Kier alpha value is -2.00. The number of nitrogens with two attached hydrogens (primary N) is 1. The molecule has 21 heavy (non-hydrogen) atoms. The number of hydrogen-bond acceptors (Lipinski definition) is 3. The quantitative estimate of drug-likeness (QED) is 0.911. The van der Waals surface area contributed by atoms with Crippen molar-refractivity contribution in [2.75, 3.05) is 7.11 Å². The third-order valence-corrected chi connectivity index (χ3v) is 4.26. The van der Waals surface area contributed by atoms with E-state index in [1.165, 1.54) is 16.7 Å². The molecule has 0 aromatic heterocycles. The van der Waals surface area contributed by atoms with Gasteiger partial charge in [-0.05, 0) is 36.6 Å². The summed E-state index contributed by atoms with van der Waals surface area (Å²) in [7, 11) is 1.66. The van der Waals surface area contributed by atoms with Crippen LogP contribution in [0, 0.1) is 13.8 Å². The molecule has 0 saturated carbocycles. The van der Waals surface area contributed by atoms with E-state index in [0.29, 0.717) is 0 Å². The zero-order valence-electron chi connectivity index (χ0n) is 12.7. The Labute approximate surface area is 125 Å². The Bertz CT molecular complexity index is 666. The molecule has 0 bridgehead atoms. The van der Waals surface area contributed by atoms with Crippen molar-refractivity contribution in [1.82, 2.24) is 0 Å². The van der Waals surface area contributed by atoms with Gasteiger partial charge < -0.3 is 15.2 Å². The monoisotopic (exact) mass is 283 g/mol. The highest BCUT2D eigenvalue weighted by molar-refractivity contribution is 5.45. The molecule has 3 rings (SSSR count). The van der Waals surface area contributed by atoms with E-state index < -0.39 is 0 Å². The molecule has 3 nitrogen and oxygen atoms in total. The lowest BCUT2D eigenvalue weighted by Crippen LogP contribution is -2.24. The first-order chi connectivity index (χ1) is 10.1. The molecule has 1 heterocycles. The lowest BCUT2D eigenvalue weighted by atomic mass is 9.92. The molecule has 110 valence electrons. The van der Waals surface area contributed by atoms with E-state index in [4.69, 9.17) is 15.2 Å². The molecule has 1 aliphatic rings. The fourth-order valence-electron chi connectivity index (χ4n) is 2.78. The first-order valence-electron chi connectivity index (χ1n) is 7.26. The first kappa shape index (κ1) is 14.0. The van der Waals surface area contributed by atoms with Crippen LogP contribution in [0.15, 0.2) is 36.4 Å². The van der Waals surface area contributed by atoms with Crippen LogP contribution in [-0.2, 0) is 0 Å². The average molecular weight is 283 g/mol. The van der Waals surface area contributed by atoms with Crippen molar-refractivity contribution >= 4 is 0 Å². The summed E-state index contributed by atoms with van der Waals surface area (Å²) >= 11 is 0. The van der Waals surface area contributed by atoms with Gasteiger partial charge in [0.1, 0.15) is 17.6 Å². The van der Waals surface area contributed by atoms with E-state index in [-0.39, 0.29) is 12.1 Å². The summed E-state index contributed by atoms with van der Waals surface area (Å²) in [4.78, 5) is 0. The smallest absolute Gasteiger partial charge is 0.128 e. The van der Waals surface area contributed by atoms with Crippen LogP contribution in [0.25, 0.3) is 0 Å². The molecular weight excluding hydrogens is 262 g/mol. The van der Waals surface area contributed by atoms with Gasteiger partial charge in [0, 0.05) is 24.1 Å². The molecule has 0 spiro atoms. The summed E-state index contributed by atoms with van der Waals surface area (Å²) in [5.41, 5.74) is 11.1. The van der Waals surface area contributed by atoms with Crippen LogP contribution in [-0.4, -0.2) is 7.11 Å². The summed E-state index contributed by atoms with van der Waals surface area (Å²) in [5, 5.41) is 0. The second-order valence-corrected chi connectivity index (χ2v) is 5.70. The number of ether oxygens (including phenoxy) is 2. The maximum Gasteiger partial charge on any atom is 0.128 e. The highest BCUT2D eigenvalue weighted by Gasteiger charge is 2.27. The van der Waals surface area contributed by atoms with E-state index >= 15 is 0 Å². The molecule has 0 aliphatic carbocycles. The van der Waals surface area contributed by atoms with Crippen molar-refractivity contribution in [3.05, 3.63) is 58.7 Å². The minimum atomic E-state index is -0.00809. The molecule has 2 atom stereocenters. The van der Waals surface area contributed by atoms with Crippen molar-refractivity contribution in [2.45, 2.75) is 32.4 Å². The molecule has 0 radical (unpaired) electrons. The molecule has 2 aromatic rings. The van der Waals surface area contributed by atoms with Crippen LogP contribution in [0.3, 0.4) is 0 Å². The van der Waals surface area contributed by atoms with Gasteiger partial charge in [-0.2, -0.15) is 0 Å². The Morgan fingerprint density at radius 2 is 1.90 bits per heavy atom. The molecule has 2 aromatic carbocycles. The Morgan fingerprint density at radius 3 is 2.62 bits per heavy atom. The van der Waals surface area contributed by atoms with Crippen molar-refractivity contribution in [3.8, 4) is 11.5 Å². The first-order valence-corrected chi connectivity index (χ1v) is 7.26.